The maximum absolute atomic E-state index is 12.4. The van der Waals surface area contributed by atoms with Gasteiger partial charge in [0.05, 0.1) is 11.4 Å². The number of carbonyl (C=O) groups excluding carboxylic acids is 1. The molecule has 2 aromatic carbocycles. The average Bonchev–Trinajstić information content (AvgIpc) is 2.74. The van der Waals surface area contributed by atoms with Gasteiger partial charge in [0.1, 0.15) is 29.0 Å². The summed E-state index contributed by atoms with van der Waals surface area (Å²) in [5, 5.41) is 21.5. The van der Waals surface area contributed by atoms with Crippen molar-refractivity contribution in [3.8, 4) is 23.6 Å². The summed E-state index contributed by atoms with van der Waals surface area (Å²) in [7, 11) is 0. The first kappa shape index (κ1) is 19.7. The molecule has 0 atom stereocenters. The van der Waals surface area contributed by atoms with Gasteiger partial charge < -0.3 is 10.1 Å². The Kier molecular flexibility index (Phi) is 6.31. The number of carbonyl (C=O) groups is 1. The van der Waals surface area contributed by atoms with Crippen LogP contribution in [-0.2, 0) is 4.79 Å². The van der Waals surface area contributed by atoms with E-state index in [0.717, 1.165) is 11.8 Å². The van der Waals surface area contributed by atoms with E-state index in [1.807, 2.05) is 48.5 Å². The summed E-state index contributed by atoms with van der Waals surface area (Å²) in [5.74, 6) is 1.08. The van der Waals surface area contributed by atoms with E-state index in [1.165, 1.54) is 6.07 Å². The van der Waals surface area contributed by atoms with Crippen molar-refractivity contribution in [2.75, 3.05) is 16.8 Å². The molecule has 29 heavy (non-hydrogen) atoms. The first-order valence-electron chi connectivity index (χ1n) is 8.51. The summed E-state index contributed by atoms with van der Waals surface area (Å²) >= 11 is 1.12. The van der Waals surface area contributed by atoms with Crippen molar-refractivity contribution in [1.82, 2.24) is 0 Å². The van der Waals surface area contributed by atoms with Crippen molar-refractivity contribution in [3.63, 3.8) is 0 Å². The fourth-order valence-electron chi connectivity index (χ4n) is 2.43. The molecule has 0 saturated carbocycles. The van der Waals surface area contributed by atoms with Gasteiger partial charge in [0.15, 0.2) is 10.8 Å². The molecule has 0 radical (unpaired) electrons. The fraction of sp³-hybridized carbons (Fsp3) is 0.0476. The Hall–Kier alpha value is -4.01. The van der Waals surface area contributed by atoms with Gasteiger partial charge in [0, 0.05) is 0 Å². The van der Waals surface area contributed by atoms with E-state index >= 15 is 0 Å². The number of benzene rings is 2. The quantitative estimate of drug-likeness (QED) is 0.609. The van der Waals surface area contributed by atoms with Crippen LogP contribution in [0.2, 0.25) is 0 Å². The lowest BCUT2D eigenvalue weighted by Crippen LogP contribution is -2.19. The van der Waals surface area contributed by atoms with Crippen molar-refractivity contribution < 1.29 is 14.5 Å². The van der Waals surface area contributed by atoms with Gasteiger partial charge in [0.25, 0.3) is 5.82 Å². The van der Waals surface area contributed by atoms with Crippen LogP contribution in [0.15, 0.2) is 65.7 Å². The number of nitrogens with one attached hydrogen (secondary N) is 2. The topological polar surface area (TPSA) is 126 Å². The van der Waals surface area contributed by atoms with Crippen molar-refractivity contribution in [1.29, 1.82) is 10.5 Å². The number of aromatic amines is 1. The number of nitrogen functional groups attached to an aromatic ring is 1. The van der Waals surface area contributed by atoms with Gasteiger partial charge in [-0.05, 0) is 30.3 Å². The summed E-state index contributed by atoms with van der Waals surface area (Å²) < 4.78 is 5.83. The zero-order chi connectivity index (χ0) is 20.6. The third kappa shape index (κ3) is 5.04. The van der Waals surface area contributed by atoms with E-state index < -0.39 is 0 Å². The largest absolute Gasteiger partial charge is 0.455 e. The van der Waals surface area contributed by atoms with Crippen LogP contribution >= 0.6 is 11.8 Å². The molecule has 8 heteroatoms. The molecule has 0 saturated heterocycles. The van der Waals surface area contributed by atoms with E-state index in [2.05, 4.69) is 10.3 Å². The number of nitrogens with zero attached hydrogens (tertiary/aromatic N) is 2. The van der Waals surface area contributed by atoms with Crippen LogP contribution < -0.4 is 20.8 Å². The van der Waals surface area contributed by atoms with Crippen LogP contribution in [-0.4, -0.2) is 11.7 Å². The van der Waals surface area contributed by atoms with Gasteiger partial charge in [0.2, 0.25) is 5.91 Å². The highest BCUT2D eigenvalue weighted by Gasteiger charge is 2.16. The highest BCUT2D eigenvalue weighted by Crippen LogP contribution is 2.29. The van der Waals surface area contributed by atoms with Gasteiger partial charge in [-0.15, -0.1) is 0 Å². The number of anilines is 2. The number of hydrogen-bond donors (Lipinski definition) is 2. The molecular weight excluding hydrogens is 386 g/mol. The Labute approximate surface area is 171 Å². The van der Waals surface area contributed by atoms with Gasteiger partial charge in [-0.3, -0.25) is 10.5 Å². The second-order valence-electron chi connectivity index (χ2n) is 5.81. The summed E-state index contributed by atoms with van der Waals surface area (Å²) in [5.41, 5.74) is 6.73. The number of ether oxygens (including phenoxy) is 1. The number of pyridine rings is 1. The fourth-order valence-corrected chi connectivity index (χ4v) is 3.22. The summed E-state index contributed by atoms with van der Waals surface area (Å²) in [6.07, 6.45) is 0. The van der Waals surface area contributed by atoms with E-state index in [4.69, 9.17) is 15.7 Å². The minimum atomic E-state index is -0.278. The SMILES string of the molecule is N#Cc1cc(C#N)c(SCC(=O)Nc2ccccc2Oc2ccccc2)[nH+]c1N. The first-order chi connectivity index (χ1) is 14.1. The Morgan fingerprint density at radius 3 is 2.48 bits per heavy atom. The molecular formula is C21H16N5O2S+. The molecule has 1 heterocycles. The minimum Gasteiger partial charge on any atom is -0.455 e. The lowest BCUT2D eigenvalue weighted by atomic mass is 10.2. The van der Waals surface area contributed by atoms with E-state index in [-0.39, 0.29) is 28.6 Å². The molecule has 3 aromatic rings. The molecule has 0 aliphatic heterocycles. The number of rotatable bonds is 6. The van der Waals surface area contributed by atoms with Crippen LogP contribution in [0.1, 0.15) is 11.1 Å². The van der Waals surface area contributed by atoms with E-state index in [9.17, 15) is 10.1 Å². The maximum Gasteiger partial charge on any atom is 0.289 e. The Morgan fingerprint density at radius 1 is 1.07 bits per heavy atom. The van der Waals surface area contributed by atoms with E-state index in [0.29, 0.717) is 22.2 Å². The molecule has 3 rings (SSSR count). The number of nitriles is 2. The van der Waals surface area contributed by atoms with Crippen LogP contribution in [0.5, 0.6) is 11.5 Å². The predicted octanol–water partition coefficient (Wildman–Crippen LogP) is 3.35. The molecule has 4 N–H and O–H groups in total. The Balaban J connectivity index is 1.69. The van der Waals surface area contributed by atoms with Gasteiger partial charge in [-0.25, -0.2) is 4.98 Å². The van der Waals surface area contributed by atoms with Crippen molar-refractivity contribution in [2.45, 2.75) is 5.03 Å². The van der Waals surface area contributed by atoms with Crippen molar-refractivity contribution in [2.24, 2.45) is 0 Å². The summed E-state index contributed by atoms with van der Waals surface area (Å²) in [6.45, 7) is 0. The zero-order valence-corrected chi connectivity index (χ0v) is 16.0. The van der Waals surface area contributed by atoms with Crippen molar-refractivity contribution in [3.05, 3.63) is 71.8 Å². The van der Waals surface area contributed by atoms with Crippen LogP contribution in [0.4, 0.5) is 11.5 Å². The molecule has 0 aliphatic rings. The highest BCUT2D eigenvalue weighted by molar-refractivity contribution is 7.99. The van der Waals surface area contributed by atoms with Crippen molar-refractivity contribution >= 4 is 29.2 Å². The molecule has 142 valence electrons. The summed E-state index contributed by atoms with van der Waals surface area (Å²) in [6, 6.07) is 21.7. The smallest absolute Gasteiger partial charge is 0.289 e. The monoisotopic (exact) mass is 402 g/mol. The number of nitrogens with two attached hydrogens (primary N) is 1. The van der Waals surface area contributed by atoms with Gasteiger partial charge in [-0.2, -0.15) is 10.5 Å². The highest BCUT2D eigenvalue weighted by atomic mass is 32.2. The molecule has 0 bridgehead atoms. The molecule has 1 amide bonds. The lowest BCUT2D eigenvalue weighted by Gasteiger charge is -2.12. The third-order valence-electron chi connectivity index (χ3n) is 3.79. The molecule has 0 unspecified atom stereocenters. The number of para-hydroxylation sites is 3. The number of aromatic nitrogens is 1. The average molecular weight is 402 g/mol. The molecule has 1 aromatic heterocycles. The molecule has 0 spiro atoms. The van der Waals surface area contributed by atoms with Gasteiger partial charge in [-0.1, -0.05) is 42.1 Å². The number of hydrogen-bond acceptors (Lipinski definition) is 6. The molecule has 7 nitrogen and oxygen atoms in total. The standard InChI is InChI=1S/C21H15N5O2S/c22-11-14-10-15(12-23)21(26-20(14)24)29-13-19(27)25-17-8-4-5-9-18(17)28-16-6-2-1-3-7-16/h1-10H,13H2,(H2,24,26)(H,25,27)/p+1. The van der Waals surface area contributed by atoms with Crippen LogP contribution in [0.3, 0.4) is 0 Å². The summed E-state index contributed by atoms with van der Waals surface area (Å²) in [4.78, 5) is 15.2. The Bertz CT molecular complexity index is 1120. The van der Waals surface area contributed by atoms with E-state index in [1.54, 1.807) is 18.2 Å². The second kappa shape index (κ2) is 9.27. The minimum absolute atomic E-state index is 0.0379. The van der Waals surface area contributed by atoms with Crippen LogP contribution in [0, 0.1) is 22.7 Å². The third-order valence-corrected chi connectivity index (χ3v) is 4.81. The molecule has 0 aliphatic carbocycles. The van der Waals surface area contributed by atoms with Crippen LogP contribution in [0.25, 0.3) is 0 Å². The Morgan fingerprint density at radius 2 is 1.76 bits per heavy atom. The predicted molar refractivity (Wildman–Crippen MR) is 109 cm³/mol. The number of thioether (sulfide) groups is 1. The maximum atomic E-state index is 12.4. The normalized spacial score (nSPS) is 9.86. The first-order valence-corrected chi connectivity index (χ1v) is 9.50. The molecule has 0 fully saturated rings. The number of H-pyrrole nitrogens is 1. The lowest BCUT2D eigenvalue weighted by molar-refractivity contribution is -0.410. The zero-order valence-electron chi connectivity index (χ0n) is 15.2. The second-order valence-corrected chi connectivity index (χ2v) is 6.80. The van der Waals surface area contributed by atoms with Gasteiger partial charge >= 0.3 is 0 Å². The number of amides is 1.